The zero-order valence-corrected chi connectivity index (χ0v) is 31.9. The van der Waals surface area contributed by atoms with Gasteiger partial charge < -0.3 is 29.9 Å². The third-order valence-electron chi connectivity index (χ3n) is 10.4. The Morgan fingerprint density at radius 1 is 1.09 bits per heavy atom. The lowest BCUT2D eigenvalue weighted by Crippen LogP contribution is -2.58. The highest BCUT2D eigenvalue weighted by atomic mass is 32.2. The van der Waals surface area contributed by atoms with Gasteiger partial charge in [-0.2, -0.15) is 0 Å². The molecule has 0 aromatic heterocycles. The van der Waals surface area contributed by atoms with Gasteiger partial charge in [-0.1, -0.05) is 30.9 Å². The molecule has 5 atom stereocenters. The quantitative estimate of drug-likeness (QED) is 0.283. The Kier molecular flexibility index (Phi) is 11.0. The number of fused-ring (bicyclic) bond motifs is 3. The highest BCUT2D eigenvalue weighted by molar-refractivity contribution is 7.91. The van der Waals surface area contributed by atoms with Crippen LogP contribution in [0.5, 0.6) is 0 Å². The van der Waals surface area contributed by atoms with Crippen LogP contribution in [0.3, 0.4) is 0 Å². The van der Waals surface area contributed by atoms with Crippen LogP contribution in [-0.4, -0.2) is 113 Å². The number of nitrogens with one attached hydrogen (secondary N) is 3. The van der Waals surface area contributed by atoms with Gasteiger partial charge in [0.2, 0.25) is 27.7 Å². The van der Waals surface area contributed by atoms with Gasteiger partial charge in [0.05, 0.1) is 18.3 Å². The van der Waals surface area contributed by atoms with Crippen LogP contribution in [0.25, 0.3) is 0 Å². The van der Waals surface area contributed by atoms with Gasteiger partial charge in [0.1, 0.15) is 35.1 Å². The highest BCUT2D eigenvalue weighted by Gasteiger charge is 2.62. The van der Waals surface area contributed by atoms with Crippen molar-refractivity contribution in [1.29, 1.82) is 0 Å². The van der Waals surface area contributed by atoms with E-state index in [1.165, 1.54) is 20.8 Å². The van der Waals surface area contributed by atoms with Crippen molar-refractivity contribution in [3.05, 3.63) is 60.0 Å². The monoisotopic (exact) mass is 786 g/mol. The minimum atomic E-state index is -4.01. The Morgan fingerprint density at radius 3 is 2.51 bits per heavy atom. The third-order valence-corrected chi connectivity index (χ3v) is 12.2. The fraction of sp³-hybridized carbons (Fsp3) is 0.568. The molecule has 3 N–H and O–H groups in total. The van der Waals surface area contributed by atoms with E-state index in [-0.39, 0.29) is 58.4 Å². The molecule has 298 valence electrons. The van der Waals surface area contributed by atoms with Crippen LogP contribution in [0, 0.1) is 11.7 Å². The van der Waals surface area contributed by atoms with Gasteiger partial charge in [-0.3, -0.25) is 28.8 Å². The van der Waals surface area contributed by atoms with Crippen molar-refractivity contribution < 1.29 is 51.0 Å². The van der Waals surface area contributed by atoms with E-state index in [4.69, 9.17) is 9.47 Å². The summed E-state index contributed by atoms with van der Waals surface area (Å²) in [6, 6.07) is 1.96. The summed E-state index contributed by atoms with van der Waals surface area (Å²) in [6.45, 7) is 8.52. The van der Waals surface area contributed by atoms with Crippen molar-refractivity contribution in [1.82, 2.24) is 30.1 Å². The van der Waals surface area contributed by atoms with Crippen LogP contribution in [0.2, 0.25) is 0 Å². The second-order valence-corrected chi connectivity index (χ2v) is 17.6. The van der Waals surface area contributed by atoms with Gasteiger partial charge in [-0.15, -0.1) is 0 Å². The number of carbonyl (C=O) groups is 6. The first kappa shape index (κ1) is 39.7. The molecule has 6 amide bonds. The lowest BCUT2D eigenvalue weighted by atomic mass is 10.1. The summed E-state index contributed by atoms with van der Waals surface area (Å²) in [4.78, 5) is 85.6. The van der Waals surface area contributed by atoms with E-state index in [0.29, 0.717) is 24.0 Å². The van der Waals surface area contributed by atoms with Crippen LogP contribution in [0.1, 0.15) is 70.4 Å². The summed E-state index contributed by atoms with van der Waals surface area (Å²) in [5.41, 5.74) is -1.64. The van der Waals surface area contributed by atoms with Crippen molar-refractivity contribution in [2.24, 2.45) is 5.92 Å². The number of amides is 6. The lowest BCUT2D eigenvalue weighted by Gasteiger charge is -2.30. The van der Waals surface area contributed by atoms with Gasteiger partial charge in [-0.25, -0.2) is 22.4 Å². The molecule has 55 heavy (non-hydrogen) atoms. The third kappa shape index (κ3) is 8.95. The van der Waals surface area contributed by atoms with E-state index in [0.717, 1.165) is 6.08 Å². The zero-order valence-electron chi connectivity index (χ0n) is 31.0. The fourth-order valence-electron chi connectivity index (χ4n) is 7.24. The van der Waals surface area contributed by atoms with Gasteiger partial charge in [-0.05, 0) is 70.6 Å². The van der Waals surface area contributed by atoms with Gasteiger partial charge in [0.15, 0.2) is 0 Å². The number of sulfonamides is 1. The number of benzene rings is 1. The van der Waals surface area contributed by atoms with E-state index >= 15 is 0 Å². The number of nitrogens with zero attached hydrogens (tertiary/aromatic N) is 3. The van der Waals surface area contributed by atoms with Crippen LogP contribution in [0.4, 0.5) is 14.0 Å². The minimum Gasteiger partial charge on any atom is -0.444 e. The van der Waals surface area contributed by atoms with Crippen molar-refractivity contribution in [3.63, 3.8) is 0 Å². The maximum absolute atomic E-state index is 14.5. The first-order valence-electron chi connectivity index (χ1n) is 18.4. The largest absolute Gasteiger partial charge is 0.444 e. The van der Waals surface area contributed by atoms with Gasteiger partial charge in [0.25, 0.3) is 5.91 Å². The molecule has 5 aliphatic rings. The number of alkyl carbamates (subject to hydrolysis) is 1. The Morgan fingerprint density at radius 2 is 1.84 bits per heavy atom. The smallest absolute Gasteiger partial charge is 0.410 e. The molecular weight excluding hydrogens is 740 g/mol. The predicted octanol–water partition coefficient (Wildman–Crippen LogP) is 1.99. The molecule has 3 aliphatic heterocycles. The van der Waals surface area contributed by atoms with E-state index in [2.05, 4.69) is 21.9 Å². The molecule has 0 spiro atoms. The molecule has 0 bridgehead atoms. The van der Waals surface area contributed by atoms with Gasteiger partial charge >= 0.3 is 12.2 Å². The summed E-state index contributed by atoms with van der Waals surface area (Å²) >= 11 is 0. The number of ether oxygens (including phenoxy) is 2. The topological polar surface area (TPSA) is 201 Å². The number of halogens is 1. The average molecular weight is 787 g/mol. The number of hydrogen-bond donors (Lipinski definition) is 3. The van der Waals surface area contributed by atoms with Crippen LogP contribution in [-0.2, 0) is 51.8 Å². The molecule has 6 rings (SSSR count). The van der Waals surface area contributed by atoms with Crippen LogP contribution >= 0.6 is 0 Å². The van der Waals surface area contributed by atoms with E-state index in [1.807, 2.05) is 0 Å². The molecule has 16 nitrogen and oxygen atoms in total. The molecule has 1 aromatic carbocycles. The molecule has 3 heterocycles. The Balaban J connectivity index is 1.29. The standard InChI is InChI=1S/C37H47FN6O10S/c1-5-30(45)42-15-7-10-23-18-37(23,33(48)41-55(51,52)25-13-14-25)40-31(46)29-17-24(53-35(50)43-19-22-9-6-11-27(38)26(22)21-43)20-44(29)32(47)28(12-8-16-42)39-34(49)54-36(2,3)4/h5-7,9-11,23-25,28-29H,1,8,12-21H2,2-4H3,(H,39,49)(H,40,46)(H,41,48)/b10-7-/t23-,24?,28-,29-,37+/m0/s1. The average Bonchev–Trinajstić information content (AvgIpc) is 3.99. The SMILES string of the molecule is C=CC(=O)N1C/C=C\[C@H]2C[C@@]2(C(=O)NS(=O)(=O)C2CC2)NC(=O)[C@@H]2CC(OC(=O)N3Cc4cccc(F)c4C3)CN2C(=O)[C@@H](NC(=O)OC(C)(C)C)CCC1. The maximum Gasteiger partial charge on any atom is 0.410 e. The summed E-state index contributed by atoms with van der Waals surface area (Å²) in [5, 5.41) is 4.61. The number of hydrogen-bond acceptors (Lipinski definition) is 10. The van der Waals surface area contributed by atoms with Crippen molar-refractivity contribution in [2.45, 2.75) is 107 Å². The molecule has 0 radical (unpaired) electrons. The Bertz CT molecular complexity index is 1910. The summed E-state index contributed by atoms with van der Waals surface area (Å²) < 4.78 is 53.5. The molecule has 1 saturated heterocycles. The molecule has 2 saturated carbocycles. The van der Waals surface area contributed by atoms with Gasteiger partial charge in [0, 0.05) is 37.5 Å². The summed E-state index contributed by atoms with van der Waals surface area (Å²) in [6.07, 6.45) is 2.57. The van der Waals surface area contributed by atoms with Crippen molar-refractivity contribution in [2.75, 3.05) is 19.6 Å². The molecule has 3 fully saturated rings. The second kappa shape index (κ2) is 15.3. The lowest BCUT2D eigenvalue weighted by molar-refractivity contribution is -0.141. The van der Waals surface area contributed by atoms with E-state index in [9.17, 15) is 41.6 Å². The van der Waals surface area contributed by atoms with Crippen LogP contribution < -0.4 is 15.4 Å². The Hall–Kier alpha value is -5.00. The zero-order chi connectivity index (χ0) is 39.9. The van der Waals surface area contributed by atoms with Crippen molar-refractivity contribution in [3.8, 4) is 0 Å². The van der Waals surface area contributed by atoms with Crippen LogP contribution in [0.15, 0.2) is 43.0 Å². The maximum atomic E-state index is 14.5. The second-order valence-electron chi connectivity index (χ2n) is 15.7. The summed E-state index contributed by atoms with van der Waals surface area (Å²) in [7, 11) is -4.01. The summed E-state index contributed by atoms with van der Waals surface area (Å²) in [5.74, 6) is -3.97. The number of carbonyl (C=O) groups excluding carboxylic acids is 6. The Labute approximate surface area is 318 Å². The first-order chi connectivity index (χ1) is 25.9. The highest BCUT2D eigenvalue weighted by Crippen LogP contribution is 2.46. The number of rotatable bonds is 6. The molecule has 1 unspecified atom stereocenters. The predicted molar refractivity (Wildman–Crippen MR) is 193 cm³/mol. The molecule has 2 aliphatic carbocycles. The first-order valence-corrected chi connectivity index (χ1v) is 19.9. The van der Waals surface area contributed by atoms with E-state index in [1.54, 1.807) is 45.1 Å². The van der Waals surface area contributed by atoms with E-state index < -0.39 is 92.2 Å². The normalized spacial score (nSPS) is 27.6. The molecule has 1 aromatic rings. The minimum absolute atomic E-state index is 0.0175. The molecule has 18 heteroatoms. The molecular formula is C37H47FN6O10S. The fourth-order valence-corrected chi connectivity index (χ4v) is 8.60. The van der Waals surface area contributed by atoms with Crippen molar-refractivity contribution >= 4 is 45.8 Å².